The molecular formula is C13H23N3O. The molecule has 2 rings (SSSR count). The summed E-state index contributed by atoms with van der Waals surface area (Å²) in [6, 6.07) is 2.65. The highest BCUT2D eigenvalue weighted by molar-refractivity contribution is 5.04. The van der Waals surface area contributed by atoms with E-state index < -0.39 is 0 Å². The number of aromatic nitrogens is 1. The van der Waals surface area contributed by atoms with Gasteiger partial charge in [-0.25, -0.2) is 0 Å². The summed E-state index contributed by atoms with van der Waals surface area (Å²) in [5.41, 5.74) is 6.35. The van der Waals surface area contributed by atoms with Crippen LogP contribution >= 0.6 is 0 Å². The van der Waals surface area contributed by atoms with Crippen molar-refractivity contribution in [2.24, 2.45) is 11.7 Å². The molecule has 0 amide bonds. The standard InChI is InChI=1S/C13H23N3O/c1-10-3-5-12(6-4-10)16(2)9-13-7-11(8-14)15-17-13/h7,10,12H,3-6,8-9,14H2,1-2H3. The van der Waals surface area contributed by atoms with E-state index in [1.54, 1.807) is 0 Å². The Labute approximate surface area is 103 Å². The zero-order valence-electron chi connectivity index (χ0n) is 10.9. The Bertz CT molecular complexity index is 342. The predicted molar refractivity (Wildman–Crippen MR) is 67.3 cm³/mol. The molecule has 1 aromatic rings. The zero-order chi connectivity index (χ0) is 12.3. The van der Waals surface area contributed by atoms with E-state index in [0.29, 0.717) is 12.6 Å². The fraction of sp³-hybridized carbons (Fsp3) is 0.769. The average molecular weight is 237 g/mol. The molecule has 0 aliphatic heterocycles. The second kappa shape index (κ2) is 5.65. The molecule has 1 aromatic heterocycles. The van der Waals surface area contributed by atoms with Crippen LogP contribution in [0.25, 0.3) is 0 Å². The van der Waals surface area contributed by atoms with Crippen molar-refractivity contribution >= 4 is 0 Å². The lowest BCUT2D eigenvalue weighted by Crippen LogP contribution is -2.34. The summed E-state index contributed by atoms with van der Waals surface area (Å²) in [7, 11) is 2.17. The van der Waals surface area contributed by atoms with E-state index in [4.69, 9.17) is 10.3 Å². The van der Waals surface area contributed by atoms with Crippen molar-refractivity contribution in [3.8, 4) is 0 Å². The second-order valence-electron chi connectivity index (χ2n) is 5.32. The fourth-order valence-electron chi connectivity index (χ4n) is 2.58. The largest absolute Gasteiger partial charge is 0.360 e. The molecule has 4 nitrogen and oxygen atoms in total. The Morgan fingerprint density at radius 1 is 1.41 bits per heavy atom. The highest BCUT2D eigenvalue weighted by Crippen LogP contribution is 2.27. The minimum Gasteiger partial charge on any atom is -0.360 e. The van der Waals surface area contributed by atoms with Crippen LogP contribution in [0.2, 0.25) is 0 Å². The first-order chi connectivity index (χ1) is 8.19. The van der Waals surface area contributed by atoms with Gasteiger partial charge in [-0.2, -0.15) is 0 Å². The first kappa shape index (κ1) is 12.6. The summed E-state index contributed by atoms with van der Waals surface area (Å²) in [5.74, 6) is 1.82. The minimum absolute atomic E-state index is 0.453. The van der Waals surface area contributed by atoms with Crippen LogP contribution in [-0.2, 0) is 13.1 Å². The van der Waals surface area contributed by atoms with Crippen LogP contribution < -0.4 is 5.73 Å². The molecule has 1 saturated carbocycles. The second-order valence-corrected chi connectivity index (χ2v) is 5.32. The van der Waals surface area contributed by atoms with Gasteiger partial charge in [0.1, 0.15) is 0 Å². The lowest BCUT2D eigenvalue weighted by Gasteiger charge is -2.32. The van der Waals surface area contributed by atoms with Gasteiger partial charge in [-0.15, -0.1) is 0 Å². The molecule has 0 radical (unpaired) electrons. The Morgan fingerprint density at radius 3 is 2.71 bits per heavy atom. The van der Waals surface area contributed by atoms with Crippen LogP contribution in [0.5, 0.6) is 0 Å². The third-order valence-corrected chi connectivity index (χ3v) is 3.83. The van der Waals surface area contributed by atoms with E-state index in [2.05, 4.69) is 24.0 Å². The monoisotopic (exact) mass is 237 g/mol. The van der Waals surface area contributed by atoms with Crippen molar-refractivity contribution in [3.63, 3.8) is 0 Å². The maximum absolute atomic E-state index is 5.52. The Kier molecular flexibility index (Phi) is 4.18. The third kappa shape index (κ3) is 3.30. The van der Waals surface area contributed by atoms with Gasteiger partial charge in [-0.1, -0.05) is 12.1 Å². The van der Waals surface area contributed by atoms with Gasteiger partial charge in [-0.3, -0.25) is 4.90 Å². The maximum Gasteiger partial charge on any atom is 0.151 e. The average Bonchev–Trinajstić information content (AvgIpc) is 2.77. The molecule has 1 fully saturated rings. The van der Waals surface area contributed by atoms with Crippen molar-refractivity contribution in [2.75, 3.05) is 7.05 Å². The molecule has 2 N–H and O–H groups in total. The number of hydrogen-bond acceptors (Lipinski definition) is 4. The summed E-state index contributed by atoms with van der Waals surface area (Å²) in [5, 5.41) is 3.92. The van der Waals surface area contributed by atoms with Gasteiger partial charge in [0.05, 0.1) is 12.2 Å². The van der Waals surface area contributed by atoms with Crippen molar-refractivity contribution < 1.29 is 4.52 Å². The van der Waals surface area contributed by atoms with Crippen LogP contribution in [0.15, 0.2) is 10.6 Å². The van der Waals surface area contributed by atoms with Crippen LogP contribution in [0.4, 0.5) is 0 Å². The highest BCUT2D eigenvalue weighted by atomic mass is 16.5. The zero-order valence-corrected chi connectivity index (χ0v) is 10.9. The SMILES string of the molecule is CC1CCC(N(C)Cc2cc(CN)no2)CC1. The topological polar surface area (TPSA) is 55.3 Å². The van der Waals surface area contributed by atoms with E-state index in [1.807, 2.05) is 6.07 Å². The molecule has 0 atom stereocenters. The first-order valence-corrected chi connectivity index (χ1v) is 6.53. The highest BCUT2D eigenvalue weighted by Gasteiger charge is 2.22. The molecule has 0 bridgehead atoms. The Balaban J connectivity index is 1.85. The summed E-state index contributed by atoms with van der Waals surface area (Å²) in [6.45, 7) is 3.64. The minimum atomic E-state index is 0.453. The molecule has 0 aromatic carbocycles. The molecule has 96 valence electrons. The number of nitrogens with two attached hydrogens (primary N) is 1. The fourth-order valence-corrected chi connectivity index (χ4v) is 2.58. The van der Waals surface area contributed by atoms with E-state index in [1.165, 1.54) is 25.7 Å². The van der Waals surface area contributed by atoms with Gasteiger partial charge >= 0.3 is 0 Å². The van der Waals surface area contributed by atoms with Crippen LogP contribution in [0.1, 0.15) is 44.1 Å². The van der Waals surface area contributed by atoms with Gasteiger partial charge in [0.25, 0.3) is 0 Å². The summed E-state index contributed by atoms with van der Waals surface area (Å²) >= 11 is 0. The number of nitrogens with zero attached hydrogens (tertiary/aromatic N) is 2. The van der Waals surface area contributed by atoms with Crippen LogP contribution in [-0.4, -0.2) is 23.1 Å². The van der Waals surface area contributed by atoms with Crippen LogP contribution in [0, 0.1) is 5.92 Å². The molecule has 1 heterocycles. The van der Waals surface area contributed by atoms with Crippen LogP contribution in [0.3, 0.4) is 0 Å². The predicted octanol–water partition coefficient (Wildman–Crippen LogP) is 2.14. The van der Waals surface area contributed by atoms with Gasteiger partial charge in [0.15, 0.2) is 5.76 Å². The van der Waals surface area contributed by atoms with Gasteiger partial charge in [0, 0.05) is 18.7 Å². The molecule has 0 unspecified atom stereocenters. The molecular weight excluding hydrogens is 214 g/mol. The van der Waals surface area contributed by atoms with E-state index in [-0.39, 0.29) is 0 Å². The van der Waals surface area contributed by atoms with Crippen molar-refractivity contribution in [1.29, 1.82) is 0 Å². The maximum atomic E-state index is 5.52. The van der Waals surface area contributed by atoms with Gasteiger partial charge in [0.2, 0.25) is 0 Å². The lowest BCUT2D eigenvalue weighted by molar-refractivity contribution is 0.150. The Morgan fingerprint density at radius 2 is 2.12 bits per heavy atom. The van der Waals surface area contributed by atoms with E-state index in [0.717, 1.165) is 23.9 Å². The number of rotatable bonds is 4. The van der Waals surface area contributed by atoms with E-state index >= 15 is 0 Å². The molecule has 1 aliphatic carbocycles. The Hall–Kier alpha value is -0.870. The summed E-state index contributed by atoms with van der Waals surface area (Å²) in [4.78, 5) is 2.38. The summed E-state index contributed by atoms with van der Waals surface area (Å²) < 4.78 is 5.27. The van der Waals surface area contributed by atoms with Gasteiger partial charge in [-0.05, 0) is 38.6 Å². The van der Waals surface area contributed by atoms with Crippen molar-refractivity contribution in [2.45, 2.75) is 51.7 Å². The third-order valence-electron chi connectivity index (χ3n) is 3.83. The number of hydrogen-bond donors (Lipinski definition) is 1. The smallest absolute Gasteiger partial charge is 0.151 e. The molecule has 17 heavy (non-hydrogen) atoms. The van der Waals surface area contributed by atoms with E-state index in [9.17, 15) is 0 Å². The van der Waals surface area contributed by atoms with Crippen molar-refractivity contribution in [1.82, 2.24) is 10.1 Å². The molecule has 1 aliphatic rings. The molecule has 4 heteroatoms. The molecule has 0 saturated heterocycles. The summed E-state index contributed by atoms with van der Waals surface area (Å²) in [6.07, 6.45) is 5.30. The van der Waals surface area contributed by atoms with Crippen molar-refractivity contribution in [3.05, 3.63) is 17.5 Å². The normalized spacial score (nSPS) is 25.4. The van der Waals surface area contributed by atoms with Gasteiger partial charge < -0.3 is 10.3 Å². The quantitative estimate of drug-likeness (QED) is 0.871. The first-order valence-electron chi connectivity index (χ1n) is 6.53. The lowest BCUT2D eigenvalue weighted by atomic mass is 9.87. The molecule has 0 spiro atoms.